The van der Waals surface area contributed by atoms with Gasteiger partial charge in [0, 0.05) is 35.5 Å². The highest BCUT2D eigenvalue weighted by molar-refractivity contribution is 6.30. The standard InChI is InChI=1S/C19H18ClF3N2O2/c20-13-1-6-17(16(11-13)19(21,22)23)24-14-2-4-15(5-3-14)25-18(26)12-7-9-27-10-8-12/h1-6,11-12,24H,7-10H2,(H,25,26). The van der Waals surface area contributed by atoms with E-state index in [4.69, 9.17) is 16.3 Å². The summed E-state index contributed by atoms with van der Waals surface area (Å²) in [5, 5.41) is 5.58. The molecule has 144 valence electrons. The van der Waals surface area contributed by atoms with Gasteiger partial charge in [-0.2, -0.15) is 13.2 Å². The molecule has 0 atom stereocenters. The fourth-order valence-electron chi connectivity index (χ4n) is 2.86. The van der Waals surface area contributed by atoms with Crippen molar-refractivity contribution >= 4 is 34.6 Å². The zero-order valence-electron chi connectivity index (χ0n) is 14.3. The summed E-state index contributed by atoms with van der Waals surface area (Å²) in [6, 6.07) is 10.0. The van der Waals surface area contributed by atoms with E-state index in [0.29, 0.717) is 37.4 Å². The van der Waals surface area contributed by atoms with Crippen LogP contribution < -0.4 is 10.6 Å². The number of ether oxygens (including phenoxy) is 1. The third-order valence-corrected chi connectivity index (χ3v) is 4.55. The number of anilines is 3. The first-order valence-corrected chi connectivity index (χ1v) is 8.83. The van der Waals surface area contributed by atoms with Crippen LogP contribution >= 0.6 is 11.6 Å². The van der Waals surface area contributed by atoms with Crippen LogP contribution in [0.1, 0.15) is 18.4 Å². The molecule has 2 N–H and O–H groups in total. The van der Waals surface area contributed by atoms with Gasteiger partial charge in [0.25, 0.3) is 0 Å². The summed E-state index contributed by atoms with van der Waals surface area (Å²) < 4.78 is 44.7. The van der Waals surface area contributed by atoms with Crippen molar-refractivity contribution in [3.05, 3.63) is 53.1 Å². The summed E-state index contributed by atoms with van der Waals surface area (Å²) in [7, 11) is 0. The maximum atomic E-state index is 13.2. The fourth-order valence-corrected chi connectivity index (χ4v) is 3.03. The van der Waals surface area contributed by atoms with Crippen molar-refractivity contribution in [3.8, 4) is 0 Å². The van der Waals surface area contributed by atoms with Gasteiger partial charge in [-0.1, -0.05) is 11.6 Å². The molecule has 1 aliphatic rings. The normalized spacial score (nSPS) is 15.4. The van der Waals surface area contributed by atoms with Crippen LogP contribution in [0.15, 0.2) is 42.5 Å². The second-order valence-corrected chi connectivity index (χ2v) is 6.70. The molecule has 3 rings (SSSR count). The van der Waals surface area contributed by atoms with Crippen LogP contribution in [0, 0.1) is 5.92 Å². The maximum Gasteiger partial charge on any atom is 0.418 e. The minimum atomic E-state index is -4.52. The molecule has 1 aliphatic heterocycles. The summed E-state index contributed by atoms with van der Waals surface area (Å²) in [5.41, 5.74) is 0.119. The Morgan fingerprint density at radius 1 is 1.04 bits per heavy atom. The summed E-state index contributed by atoms with van der Waals surface area (Å²) in [4.78, 5) is 12.2. The smallest absolute Gasteiger partial charge is 0.381 e. The Labute approximate surface area is 159 Å². The molecule has 1 saturated heterocycles. The molecule has 4 nitrogen and oxygen atoms in total. The number of halogens is 4. The molecule has 0 unspecified atom stereocenters. The molecule has 1 heterocycles. The Hall–Kier alpha value is -2.25. The number of carbonyl (C=O) groups is 1. The molecule has 0 saturated carbocycles. The zero-order valence-corrected chi connectivity index (χ0v) is 15.0. The van der Waals surface area contributed by atoms with Gasteiger partial charge in [-0.25, -0.2) is 0 Å². The molecule has 0 aromatic heterocycles. The van der Waals surface area contributed by atoms with E-state index in [-0.39, 0.29) is 22.5 Å². The highest BCUT2D eigenvalue weighted by atomic mass is 35.5. The Morgan fingerprint density at radius 2 is 1.67 bits per heavy atom. The first-order chi connectivity index (χ1) is 12.8. The van der Waals surface area contributed by atoms with Gasteiger partial charge in [-0.05, 0) is 55.3 Å². The lowest BCUT2D eigenvalue weighted by Crippen LogP contribution is -2.28. The van der Waals surface area contributed by atoms with Gasteiger partial charge in [-0.3, -0.25) is 4.79 Å². The highest BCUT2D eigenvalue weighted by Gasteiger charge is 2.33. The molecule has 0 radical (unpaired) electrons. The van der Waals surface area contributed by atoms with E-state index >= 15 is 0 Å². The minimum absolute atomic E-state index is 0.0130. The molecule has 2 aromatic carbocycles. The van der Waals surface area contributed by atoms with Crippen LogP contribution in [0.5, 0.6) is 0 Å². The number of hydrogen-bond donors (Lipinski definition) is 2. The first kappa shape index (κ1) is 19.5. The number of carbonyl (C=O) groups excluding carboxylic acids is 1. The van der Waals surface area contributed by atoms with Crippen molar-refractivity contribution in [2.24, 2.45) is 5.92 Å². The van der Waals surface area contributed by atoms with Crippen molar-refractivity contribution in [1.29, 1.82) is 0 Å². The molecule has 1 fully saturated rings. The van der Waals surface area contributed by atoms with E-state index in [1.807, 2.05) is 0 Å². The maximum absolute atomic E-state index is 13.2. The summed E-state index contributed by atoms with van der Waals surface area (Å²) in [6.45, 7) is 1.15. The fraction of sp³-hybridized carbons (Fsp3) is 0.316. The van der Waals surface area contributed by atoms with Crippen molar-refractivity contribution in [1.82, 2.24) is 0 Å². The summed E-state index contributed by atoms with van der Waals surface area (Å²) in [6.07, 6.45) is -3.16. The van der Waals surface area contributed by atoms with E-state index in [1.165, 1.54) is 12.1 Å². The van der Waals surface area contributed by atoms with Crippen LogP contribution in [0.4, 0.5) is 30.2 Å². The van der Waals surface area contributed by atoms with Crippen LogP contribution in [-0.2, 0) is 15.7 Å². The molecule has 0 bridgehead atoms. The lowest BCUT2D eigenvalue weighted by Gasteiger charge is -2.21. The first-order valence-electron chi connectivity index (χ1n) is 8.45. The summed E-state index contributed by atoms with van der Waals surface area (Å²) >= 11 is 5.68. The predicted octanol–water partition coefficient (Wildman–Crippen LogP) is 5.47. The van der Waals surface area contributed by atoms with Gasteiger partial charge >= 0.3 is 6.18 Å². The number of rotatable bonds is 4. The molecule has 0 spiro atoms. The molecule has 2 aromatic rings. The second kappa shape index (κ2) is 8.19. The average Bonchev–Trinajstić information content (AvgIpc) is 2.64. The topological polar surface area (TPSA) is 50.4 Å². The van der Waals surface area contributed by atoms with Crippen molar-refractivity contribution in [2.45, 2.75) is 19.0 Å². The van der Waals surface area contributed by atoms with Crippen LogP contribution in [0.25, 0.3) is 0 Å². The second-order valence-electron chi connectivity index (χ2n) is 6.27. The van der Waals surface area contributed by atoms with Crippen LogP contribution in [0.3, 0.4) is 0 Å². The van der Waals surface area contributed by atoms with Gasteiger partial charge in [0.05, 0.1) is 11.3 Å². The van der Waals surface area contributed by atoms with E-state index in [9.17, 15) is 18.0 Å². The molecule has 27 heavy (non-hydrogen) atoms. The Balaban J connectivity index is 1.68. The zero-order chi connectivity index (χ0) is 19.4. The van der Waals surface area contributed by atoms with E-state index in [0.717, 1.165) is 6.07 Å². The molecular weight excluding hydrogens is 381 g/mol. The Kier molecular flexibility index (Phi) is 5.92. The lowest BCUT2D eigenvalue weighted by atomic mass is 9.99. The Bertz CT molecular complexity index is 804. The third-order valence-electron chi connectivity index (χ3n) is 4.31. The lowest BCUT2D eigenvalue weighted by molar-refractivity contribution is -0.137. The van der Waals surface area contributed by atoms with Crippen molar-refractivity contribution in [3.63, 3.8) is 0 Å². The number of alkyl halides is 3. The predicted molar refractivity (Wildman–Crippen MR) is 98.4 cm³/mol. The molecular formula is C19H18ClF3N2O2. The largest absolute Gasteiger partial charge is 0.418 e. The van der Waals surface area contributed by atoms with Gasteiger partial charge in [0.15, 0.2) is 0 Å². The van der Waals surface area contributed by atoms with E-state index in [1.54, 1.807) is 24.3 Å². The highest BCUT2D eigenvalue weighted by Crippen LogP contribution is 2.37. The number of nitrogens with one attached hydrogen (secondary N) is 2. The van der Waals surface area contributed by atoms with E-state index in [2.05, 4.69) is 10.6 Å². The SMILES string of the molecule is O=C(Nc1ccc(Nc2ccc(Cl)cc2C(F)(F)F)cc1)C1CCOCC1. The number of hydrogen-bond acceptors (Lipinski definition) is 3. The summed E-state index contributed by atoms with van der Waals surface area (Å²) in [5.74, 6) is -0.156. The Morgan fingerprint density at radius 3 is 2.30 bits per heavy atom. The monoisotopic (exact) mass is 398 g/mol. The number of amides is 1. The number of benzene rings is 2. The third kappa shape index (κ3) is 5.14. The molecule has 8 heteroatoms. The molecule has 1 amide bonds. The minimum Gasteiger partial charge on any atom is -0.381 e. The van der Waals surface area contributed by atoms with Gasteiger partial charge in [-0.15, -0.1) is 0 Å². The van der Waals surface area contributed by atoms with Crippen LogP contribution in [0.2, 0.25) is 5.02 Å². The van der Waals surface area contributed by atoms with Crippen molar-refractivity contribution in [2.75, 3.05) is 23.8 Å². The van der Waals surface area contributed by atoms with Gasteiger partial charge in [0.1, 0.15) is 0 Å². The van der Waals surface area contributed by atoms with E-state index < -0.39 is 11.7 Å². The molecule has 0 aliphatic carbocycles. The van der Waals surface area contributed by atoms with Crippen LogP contribution in [-0.4, -0.2) is 19.1 Å². The quantitative estimate of drug-likeness (QED) is 0.718. The van der Waals surface area contributed by atoms with Gasteiger partial charge < -0.3 is 15.4 Å². The van der Waals surface area contributed by atoms with Crippen molar-refractivity contribution < 1.29 is 22.7 Å². The average molecular weight is 399 g/mol. The van der Waals surface area contributed by atoms with Gasteiger partial charge in [0.2, 0.25) is 5.91 Å².